The molecule has 29 heavy (non-hydrogen) atoms. The van der Waals surface area contributed by atoms with Crippen molar-refractivity contribution in [3.05, 3.63) is 5.53 Å². The predicted octanol–water partition coefficient (Wildman–Crippen LogP) is 0.535. The normalized spacial score (nSPS) is 32.6. The number of hydrogen-bond acceptors (Lipinski definition) is 8. The first-order valence-corrected chi connectivity index (χ1v) is 9.90. The van der Waals surface area contributed by atoms with Crippen LogP contribution in [0.2, 0.25) is 0 Å². The van der Waals surface area contributed by atoms with E-state index >= 15 is 0 Å². The lowest BCUT2D eigenvalue weighted by molar-refractivity contribution is -0.177. The van der Waals surface area contributed by atoms with Gasteiger partial charge in [-0.1, -0.05) is 0 Å². The summed E-state index contributed by atoms with van der Waals surface area (Å²) in [6.45, 7) is 10.4. The lowest BCUT2D eigenvalue weighted by atomic mass is 10.0. The zero-order valence-corrected chi connectivity index (χ0v) is 17.5. The van der Waals surface area contributed by atoms with Gasteiger partial charge in [-0.2, -0.15) is 4.79 Å². The molecule has 0 saturated carbocycles. The molecule has 10 heteroatoms. The van der Waals surface area contributed by atoms with Crippen LogP contribution < -0.4 is 0 Å². The highest BCUT2D eigenvalue weighted by atomic mass is 16.8. The number of hydrogen-bond donors (Lipinski definition) is 0. The van der Waals surface area contributed by atoms with E-state index in [1.54, 1.807) is 6.92 Å². The zero-order chi connectivity index (χ0) is 21.4. The van der Waals surface area contributed by atoms with E-state index in [0.717, 1.165) is 0 Å². The summed E-state index contributed by atoms with van der Waals surface area (Å²) in [6, 6.07) is -0.173. The third-order valence-corrected chi connectivity index (χ3v) is 5.26. The number of esters is 1. The lowest BCUT2D eigenvalue weighted by Gasteiger charge is -2.33. The van der Waals surface area contributed by atoms with Crippen molar-refractivity contribution in [2.75, 3.05) is 26.3 Å². The summed E-state index contributed by atoms with van der Waals surface area (Å²) >= 11 is 0. The van der Waals surface area contributed by atoms with Crippen LogP contribution in [-0.4, -0.2) is 89.4 Å². The molecule has 3 heterocycles. The molecule has 0 aliphatic carbocycles. The first-order chi connectivity index (χ1) is 13.6. The Morgan fingerprint density at radius 1 is 1.14 bits per heavy atom. The minimum absolute atomic E-state index is 0.0193. The Morgan fingerprint density at radius 3 is 2.41 bits per heavy atom. The molecule has 0 aromatic carbocycles. The van der Waals surface area contributed by atoms with Crippen molar-refractivity contribution < 1.29 is 38.1 Å². The summed E-state index contributed by atoms with van der Waals surface area (Å²) in [5, 5.41) is 0. The second-order valence-electron chi connectivity index (χ2n) is 8.33. The molecule has 3 saturated heterocycles. The van der Waals surface area contributed by atoms with Gasteiger partial charge in [-0.05, 0) is 34.6 Å². The number of rotatable bonds is 7. The van der Waals surface area contributed by atoms with Crippen LogP contribution in [0.4, 0.5) is 0 Å². The number of carbonyl (C=O) groups is 2. The average molecular weight is 411 g/mol. The van der Waals surface area contributed by atoms with Gasteiger partial charge in [-0.15, -0.1) is 0 Å². The van der Waals surface area contributed by atoms with Gasteiger partial charge in [0, 0.05) is 19.5 Å². The predicted molar refractivity (Wildman–Crippen MR) is 99.0 cm³/mol. The van der Waals surface area contributed by atoms with E-state index in [2.05, 4.69) is 9.69 Å². The van der Waals surface area contributed by atoms with Crippen molar-refractivity contribution in [1.29, 1.82) is 0 Å². The summed E-state index contributed by atoms with van der Waals surface area (Å²) in [5.74, 6) is -2.91. The maximum absolute atomic E-state index is 12.4. The SMILES string of the molecule is CCOC(=O)C(=[N+]=[N-])C(=O)CCN1C[C@H]2OC(C)(C)O[C@H]2[C@@H]1[C@H]1COC(C)(C)O1. The molecule has 0 N–H and O–H groups in total. The van der Waals surface area contributed by atoms with Crippen LogP contribution in [0.3, 0.4) is 0 Å². The molecule has 0 aromatic heterocycles. The molecule has 0 amide bonds. The number of ether oxygens (including phenoxy) is 5. The zero-order valence-electron chi connectivity index (χ0n) is 17.5. The van der Waals surface area contributed by atoms with Gasteiger partial charge in [0.2, 0.25) is 0 Å². The lowest BCUT2D eigenvalue weighted by Crippen LogP contribution is -2.49. The largest absolute Gasteiger partial charge is 0.457 e. The van der Waals surface area contributed by atoms with Gasteiger partial charge in [0.15, 0.2) is 11.6 Å². The maximum Gasteiger partial charge on any atom is 0.441 e. The van der Waals surface area contributed by atoms with Crippen LogP contribution in [-0.2, 0) is 33.3 Å². The van der Waals surface area contributed by atoms with Gasteiger partial charge in [-0.3, -0.25) is 9.69 Å². The van der Waals surface area contributed by atoms with Crippen molar-refractivity contribution in [3.63, 3.8) is 0 Å². The molecule has 10 nitrogen and oxygen atoms in total. The molecule has 3 aliphatic rings. The van der Waals surface area contributed by atoms with Crippen LogP contribution >= 0.6 is 0 Å². The average Bonchev–Trinajstić information content (AvgIpc) is 3.22. The van der Waals surface area contributed by atoms with Gasteiger partial charge in [0.25, 0.3) is 5.78 Å². The monoisotopic (exact) mass is 411 g/mol. The number of carbonyl (C=O) groups excluding carboxylic acids is 2. The van der Waals surface area contributed by atoms with Crippen LogP contribution in [0.25, 0.3) is 5.53 Å². The first-order valence-electron chi connectivity index (χ1n) is 9.90. The summed E-state index contributed by atoms with van der Waals surface area (Å²) < 4.78 is 28.7. The molecular weight excluding hydrogens is 382 g/mol. The number of likely N-dealkylation sites (tertiary alicyclic amines) is 1. The van der Waals surface area contributed by atoms with Crippen molar-refractivity contribution in [1.82, 2.24) is 4.90 Å². The molecule has 0 bridgehead atoms. The topological polar surface area (TPSA) is 120 Å². The Hall–Kier alpha value is -1.68. The van der Waals surface area contributed by atoms with E-state index in [1.165, 1.54) is 0 Å². The number of Topliss-reactive ketones (excluding diaryl/α,β-unsaturated/α-hetero) is 1. The highest BCUT2D eigenvalue weighted by Crippen LogP contribution is 2.40. The quantitative estimate of drug-likeness (QED) is 0.196. The third-order valence-electron chi connectivity index (χ3n) is 5.26. The highest BCUT2D eigenvalue weighted by molar-refractivity contribution is 6.62. The summed E-state index contributed by atoms with van der Waals surface area (Å²) in [6.07, 6.45) is -0.648. The van der Waals surface area contributed by atoms with Crippen molar-refractivity contribution in [2.45, 2.75) is 77.0 Å². The summed E-state index contributed by atoms with van der Waals surface area (Å²) in [4.78, 5) is 29.0. The maximum atomic E-state index is 12.4. The van der Waals surface area contributed by atoms with Crippen molar-refractivity contribution in [2.24, 2.45) is 0 Å². The standard InChI is InChI=1S/C19H29N3O7/c1-6-25-17(24)14(21-20)11(23)7-8-22-9-12-16(29-19(4,5)27-12)15(22)13-10-26-18(2,3)28-13/h12-13,15-16H,6-10H2,1-5H3/t12-,13-,15+,16-/m1/s1. The van der Waals surface area contributed by atoms with Crippen LogP contribution in [0.1, 0.15) is 41.0 Å². The Morgan fingerprint density at radius 2 is 1.83 bits per heavy atom. The smallest absolute Gasteiger partial charge is 0.441 e. The Labute approximate surface area is 170 Å². The fourth-order valence-electron chi connectivity index (χ4n) is 4.20. The minimum atomic E-state index is -0.933. The minimum Gasteiger partial charge on any atom is -0.457 e. The molecule has 0 aromatic rings. The molecule has 3 rings (SSSR count). The Bertz CT molecular complexity index is 717. The van der Waals surface area contributed by atoms with E-state index < -0.39 is 29.0 Å². The fraction of sp³-hybridized carbons (Fsp3) is 0.842. The number of ketones is 1. The molecule has 0 unspecified atom stereocenters. The van der Waals surface area contributed by atoms with E-state index in [4.69, 9.17) is 29.2 Å². The molecule has 4 atom stereocenters. The van der Waals surface area contributed by atoms with Gasteiger partial charge in [0.05, 0.1) is 19.3 Å². The number of fused-ring (bicyclic) bond motifs is 1. The van der Waals surface area contributed by atoms with E-state index in [0.29, 0.717) is 19.7 Å². The fourth-order valence-corrected chi connectivity index (χ4v) is 4.20. The molecule has 0 spiro atoms. The molecule has 3 aliphatic heterocycles. The van der Waals surface area contributed by atoms with E-state index in [9.17, 15) is 9.59 Å². The van der Waals surface area contributed by atoms with Gasteiger partial charge >= 0.3 is 11.7 Å². The van der Waals surface area contributed by atoms with E-state index in [1.807, 2.05) is 27.7 Å². The van der Waals surface area contributed by atoms with Gasteiger partial charge in [-0.25, -0.2) is 4.79 Å². The Kier molecular flexibility index (Phi) is 6.24. The van der Waals surface area contributed by atoms with Crippen LogP contribution in [0.15, 0.2) is 0 Å². The van der Waals surface area contributed by atoms with Crippen LogP contribution in [0, 0.1) is 0 Å². The first kappa shape index (κ1) is 22.0. The summed E-state index contributed by atoms with van der Waals surface area (Å²) in [7, 11) is 0. The van der Waals surface area contributed by atoms with Crippen molar-refractivity contribution in [3.8, 4) is 0 Å². The van der Waals surface area contributed by atoms with Gasteiger partial charge < -0.3 is 29.2 Å². The molecular formula is C19H29N3O7. The molecule has 3 fully saturated rings. The summed E-state index contributed by atoms with van der Waals surface area (Å²) in [5.41, 5.74) is 8.43. The van der Waals surface area contributed by atoms with E-state index in [-0.39, 0.29) is 37.4 Å². The third kappa shape index (κ3) is 4.74. The molecule has 162 valence electrons. The van der Waals surface area contributed by atoms with Crippen molar-refractivity contribution >= 4 is 17.5 Å². The Balaban J connectivity index is 1.70. The second kappa shape index (κ2) is 8.22. The second-order valence-corrected chi connectivity index (χ2v) is 8.33. The van der Waals surface area contributed by atoms with Gasteiger partial charge in [0.1, 0.15) is 18.3 Å². The van der Waals surface area contributed by atoms with Crippen LogP contribution in [0.5, 0.6) is 0 Å². The highest BCUT2D eigenvalue weighted by Gasteiger charge is 2.57. The molecule has 0 radical (unpaired) electrons. The number of nitrogens with zero attached hydrogens (tertiary/aromatic N) is 3.